The van der Waals surface area contributed by atoms with Crippen LogP contribution in [0, 0.1) is 28.6 Å². The molecule has 4 saturated carbocycles. The molecule has 3 N–H and O–H groups in total. The van der Waals surface area contributed by atoms with Gasteiger partial charge in [-0.1, -0.05) is 89.3 Å². The van der Waals surface area contributed by atoms with E-state index in [9.17, 15) is 20.1 Å². The van der Waals surface area contributed by atoms with E-state index >= 15 is 0 Å². The summed E-state index contributed by atoms with van der Waals surface area (Å²) in [6, 6.07) is 0. The molecule has 0 aromatic rings. The normalized spacial score (nSPS) is 35.3. The summed E-state index contributed by atoms with van der Waals surface area (Å²) in [4.78, 5) is 13.0. The van der Waals surface area contributed by atoms with Gasteiger partial charge >= 0.3 is 0 Å². The van der Waals surface area contributed by atoms with Gasteiger partial charge in [-0.15, -0.1) is 0 Å². The Morgan fingerprint density at radius 2 is 1.77 bits per heavy atom. The second kappa shape index (κ2) is 13.7. The Morgan fingerprint density at radius 3 is 2.50 bits per heavy atom. The smallest absolute Gasteiger partial charge is 0.141 e. The zero-order valence-corrected chi connectivity index (χ0v) is 25.5. The summed E-state index contributed by atoms with van der Waals surface area (Å²) in [6.07, 6.45) is 22.9. The highest BCUT2D eigenvalue weighted by molar-refractivity contribution is 5.88. The third-order valence-corrected chi connectivity index (χ3v) is 11.2. The molecule has 4 heteroatoms. The zero-order valence-electron chi connectivity index (χ0n) is 25.5. The number of hydrogen-bond acceptors (Lipinski definition) is 4. The molecule has 0 unspecified atom stereocenters. The highest BCUT2D eigenvalue weighted by atomic mass is 16.3. The van der Waals surface area contributed by atoms with E-state index in [0.717, 1.165) is 43.3 Å². The van der Waals surface area contributed by atoms with E-state index in [4.69, 9.17) is 0 Å². The molecule has 0 aromatic carbocycles. The van der Waals surface area contributed by atoms with E-state index in [0.29, 0.717) is 37.0 Å². The van der Waals surface area contributed by atoms with Crippen molar-refractivity contribution >= 4 is 5.78 Å². The van der Waals surface area contributed by atoms with Crippen molar-refractivity contribution < 1.29 is 20.1 Å². The minimum Gasteiger partial charge on any atom is -0.393 e. The van der Waals surface area contributed by atoms with Crippen molar-refractivity contribution in [3.63, 3.8) is 0 Å². The number of allylic oxidation sites excluding steroid dienone is 4. The van der Waals surface area contributed by atoms with Crippen molar-refractivity contribution in [3.8, 4) is 0 Å². The van der Waals surface area contributed by atoms with E-state index in [1.165, 1.54) is 56.9 Å². The third kappa shape index (κ3) is 6.93. The number of rotatable bonds is 13. The van der Waals surface area contributed by atoms with Crippen LogP contribution in [0.4, 0.5) is 0 Å². The molecule has 0 spiro atoms. The molecule has 0 aromatic heterocycles. The second-order valence-electron chi connectivity index (χ2n) is 13.9. The molecule has 4 aliphatic carbocycles. The number of aliphatic hydroxyl groups is 3. The van der Waals surface area contributed by atoms with Crippen molar-refractivity contribution in [3.05, 3.63) is 47.6 Å². The lowest BCUT2D eigenvalue weighted by molar-refractivity contribution is -0.127. The number of ketones is 1. The molecular formula is C36H56O4. The average Bonchev–Trinajstić information content (AvgIpc) is 3.66. The molecule has 0 radical (unpaired) electrons. The molecule has 0 saturated heterocycles. The monoisotopic (exact) mass is 552 g/mol. The van der Waals surface area contributed by atoms with Gasteiger partial charge in [0.05, 0.1) is 23.7 Å². The Balaban J connectivity index is 1.35. The Morgan fingerprint density at radius 1 is 1.05 bits per heavy atom. The van der Waals surface area contributed by atoms with Gasteiger partial charge < -0.3 is 15.3 Å². The van der Waals surface area contributed by atoms with E-state index in [-0.39, 0.29) is 11.2 Å². The van der Waals surface area contributed by atoms with Crippen LogP contribution in [0.3, 0.4) is 0 Å². The number of Topliss-reactive ketones (excluding diaryl/α,β-unsaturated/α-hetero) is 1. The quantitative estimate of drug-likeness (QED) is 0.161. The first kappa shape index (κ1) is 31.4. The highest BCUT2D eigenvalue weighted by Gasteiger charge is 2.54. The minimum absolute atomic E-state index is 0.227. The van der Waals surface area contributed by atoms with Crippen molar-refractivity contribution in [1.82, 2.24) is 0 Å². The van der Waals surface area contributed by atoms with E-state index in [2.05, 4.69) is 45.6 Å². The predicted octanol–water partition coefficient (Wildman–Crippen LogP) is 7.78. The standard InChI is InChI=1S/C36H56O4/c1-5-6-7-8-9-10-13-33(39)36(21-22-36)34(40)19-14-25(2)30-17-18-31-27(12-11-20-35(30,31)4)15-16-28-23-29(37)24-32(38)26(28)3/h14-16,19,25,29-32,34,37-38,40H,3,5-13,17-18,20-24H2,1-2,4H3/t25-,29-,30-,31+,32+,34+,35-/m1/s1. The van der Waals surface area contributed by atoms with Crippen LogP contribution in [0.1, 0.15) is 124 Å². The molecular weight excluding hydrogens is 496 g/mol. The van der Waals surface area contributed by atoms with Crippen LogP contribution in [-0.4, -0.2) is 39.4 Å². The third-order valence-electron chi connectivity index (χ3n) is 11.2. The lowest BCUT2D eigenvalue weighted by atomic mass is 9.61. The molecule has 0 aliphatic heterocycles. The molecule has 0 amide bonds. The Hall–Kier alpha value is -1.49. The molecule has 224 valence electrons. The second-order valence-corrected chi connectivity index (χ2v) is 13.9. The van der Waals surface area contributed by atoms with Crippen molar-refractivity contribution in [2.45, 2.75) is 142 Å². The number of unbranched alkanes of at least 4 members (excludes halogenated alkanes) is 5. The molecule has 0 heterocycles. The molecule has 4 nitrogen and oxygen atoms in total. The minimum atomic E-state index is -0.657. The maximum absolute atomic E-state index is 13.0. The van der Waals surface area contributed by atoms with E-state index < -0.39 is 23.7 Å². The van der Waals surface area contributed by atoms with Gasteiger partial charge in [0.15, 0.2) is 0 Å². The maximum Gasteiger partial charge on any atom is 0.141 e. The summed E-state index contributed by atoms with van der Waals surface area (Å²) in [6.45, 7) is 11.1. The topological polar surface area (TPSA) is 77.8 Å². The number of carbonyl (C=O) groups is 1. The summed E-state index contributed by atoms with van der Waals surface area (Å²) in [5.74, 6) is 1.73. The zero-order chi connectivity index (χ0) is 28.9. The Kier molecular flexibility index (Phi) is 10.7. The molecule has 4 rings (SSSR count). The van der Waals surface area contributed by atoms with Crippen LogP contribution in [0.5, 0.6) is 0 Å². The van der Waals surface area contributed by atoms with Crippen molar-refractivity contribution in [2.24, 2.45) is 28.6 Å². The summed E-state index contributed by atoms with van der Waals surface area (Å²) < 4.78 is 0. The van der Waals surface area contributed by atoms with Gasteiger partial charge in [-0.3, -0.25) is 4.79 Å². The van der Waals surface area contributed by atoms with Crippen molar-refractivity contribution in [1.29, 1.82) is 0 Å². The summed E-state index contributed by atoms with van der Waals surface area (Å²) in [7, 11) is 0. The van der Waals surface area contributed by atoms with Crippen LogP contribution in [0.15, 0.2) is 47.6 Å². The highest BCUT2D eigenvalue weighted by Crippen LogP contribution is 2.60. The fourth-order valence-corrected chi connectivity index (χ4v) is 8.40. The van der Waals surface area contributed by atoms with Gasteiger partial charge in [0.1, 0.15) is 5.78 Å². The fourth-order valence-electron chi connectivity index (χ4n) is 8.40. The fraction of sp³-hybridized carbons (Fsp3) is 0.750. The van der Waals surface area contributed by atoms with Gasteiger partial charge in [0, 0.05) is 12.8 Å². The largest absolute Gasteiger partial charge is 0.393 e. The molecule has 0 bridgehead atoms. The summed E-state index contributed by atoms with van der Waals surface area (Å²) >= 11 is 0. The summed E-state index contributed by atoms with van der Waals surface area (Å²) in [5.41, 5.74) is 2.94. The van der Waals surface area contributed by atoms with Gasteiger partial charge in [0.25, 0.3) is 0 Å². The van der Waals surface area contributed by atoms with Gasteiger partial charge in [-0.2, -0.15) is 0 Å². The van der Waals surface area contributed by atoms with Crippen LogP contribution < -0.4 is 0 Å². The summed E-state index contributed by atoms with van der Waals surface area (Å²) in [5, 5.41) is 31.5. The molecule has 40 heavy (non-hydrogen) atoms. The van der Waals surface area contributed by atoms with Crippen LogP contribution in [0.2, 0.25) is 0 Å². The van der Waals surface area contributed by atoms with Gasteiger partial charge in [-0.05, 0) is 92.1 Å². The SMILES string of the molecule is C=C1C(=CC=C2CCC[C@]3(C)[C@@H]([C@H](C)C=C[C@H](O)C4(C(=O)CCCCCCCC)CC4)CC[C@@H]23)C[C@@H](O)C[C@@H]1O. The van der Waals surface area contributed by atoms with Crippen molar-refractivity contribution in [2.75, 3.05) is 0 Å². The van der Waals surface area contributed by atoms with Gasteiger partial charge in [0.2, 0.25) is 0 Å². The van der Waals surface area contributed by atoms with Gasteiger partial charge in [-0.25, -0.2) is 0 Å². The Bertz CT molecular complexity index is 985. The molecule has 4 fully saturated rings. The van der Waals surface area contributed by atoms with Crippen LogP contribution >= 0.6 is 0 Å². The molecule has 4 aliphatic rings. The lowest BCUT2D eigenvalue weighted by Crippen LogP contribution is -2.35. The van der Waals surface area contributed by atoms with E-state index in [1.807, 2.05) is 6.08 Å². The lowest BCUT2D eigenvalue weighted by Gasteiger charge is -2.44. The first-order chi connectivity index (χ1) is 19.1. The predicted molar refractivity (Wildman–Crippen MR) is 164 cm³/mol. The van der Waals surface area contributed by atoms with Crippen LogP contribution in [0.25, 0.3) is 0 Å². The van der Waals surface area contributed by atoms with Crippen LogP contribution in [-0.2, 0) is 4.79 Å². The number of fused-ring (bicyclic) bond motifs is 1. The molecule has 7 atom stereocenters. The average molecular weight is 553 g/mol. The number of aliphatic hydroxyl groups excluding tert-OH is 3. The maximum atomic E-state index is 13.0. The van der Waals surface area contributed by atoms with E-state index in [1.54, 1.807) is 0 Å². The first-order valence-electron chi connectivity index (χ1n) is 16.5. The first-order valence-corrected chi connectivity index (χ1v) is 16.5. The number of hydrogen-bond donors (Lipinski definition) is 3. The Labute approximate surface area is 243 Å². The number of carbonyl (C=O) groups excluding carboxylic acids is 1.